The van der Waals surface area contributed by atoms with Gasteiger partial charge in [0.2, 0.25) is 0 Å². The van der Waals surface area contributed by atoms with Crippen LogP contribution in [0.2, 0.25) is 10.0 Å². The summed E-state index contributed by atoms with van der Waals surface area (Å²) in [6.45, 7) is 1.50. The summed E-state index contributed by atoms with van der Waals surface area (Å²) in [5.41, 5.74) is 1.80. The molecule has 0 radical (unpaired) electrons. The summed E-state index contributed by atoms with van der Waals surface area (Å²) < 4.78 is 6.83. The van der Waals surface area contributed by atoms with E-state index in [9.17, 15) is 9.59 Å². The molecule has 27 heavy (non-hydrogen) atoms. The standard InChI is InChI=1S/C18H15Cl2N3O3S/c1-10(26-17(25)15-4-3-7-23(15)2)16(24)22-18-21-14(9-27-18)11-5-6-12(19)13(20)8-11/h3-10H,1-2H3,(H,21,22,24)/t10-/m1/s1. The topological polar surface area (TPSA) is 73.2 Å². The van der Waals surface area contributed by atoms with Crippen molar-refractivity contribution in [2.45, 2.75) is 13.0 Å². The van der Waals surface area contributed by atoms with E-state index in [1.165, 1.54) is 18.3 Å². The van der Waals surface area contributed by atoms with E-state index < -0.39 is 18.0 Å². The number of aryl methyl sites for hydroxylation is 1. The van der Waals surface area contributed by atoms with Crippen LogP contribution in [-0.2, 0) is 16.6 Å². The summed E-state index contributed by atoms with van der Waals surface area (Å²) in [5, 5.41) is 5.71. The molecule has 0 aliphatic carbocycles. The second kappa shape index (κ2) is 8.12. The van der Waals surface area contributed by atoms with Gasteiger partial charge >= 0.3 is 5.97 Å². The van der Waals surface area contributed by atoms with Crippen LogP contribution in [0.4, 0.5) is 5.13 Å². The first-order chi connectivity index (χ1) is 12.8. The zero-order chi connectivity index (χ0) is 19.6. The highest BCUT2D eigenvalue weighted by atomic mass is 35.5. The lowest BCUT2D eigenvalue weighted by Gasteiger charge is -2.12. The Balaban J connectivity index is 1.64. The molecule has 0 fully saturated rings. The monoisotopic (exact) mass is 423 g/mol. The van der Waals surface area contributed by atoms with Crippen molar-refractivity contribution in [3.63, 3.8) is 0 Å². The average Bonchev–Trinajstić information content (AvgIpc) is 3.26. The van der Waals surface area contributed by atoms with E-state index >= 15 is 0 Å². The van der Waals surface area contributed by atoms with Crippen molar-refractivity contribution in [2.24, 2.45) is 7.05 Å². The largest absolute Gasteiger partial charge is 0.448 e. The minimum Gasteiger partial charge on any atom is -0.448 e. The first kappa shape index (κ1) is 19.4. The quantitative estimate of drug-likeness (QED) is 0.606. The lowest BCUT2D eigenvalue weighted by molar-refractivity contribution is -0.123. The van der Waals surface area contributed by atoms with Crippen LogP contribution in [0, 0.1) is 0 Å². The van der Waals surface area contributed by atoms with Crippen LogP contribution in [0.25, 0.3) is 11.3 Å². The maximum atomic E-state index is 12.3. The molecule has 1 aromatic carbocycles. The molecule has 3 rings (SSSR count). The molecule has 0 unspecified atom stereocenters. The minimum absolute atomic E-state index is 0.366. The van der Waals surface area contributed by atoms with Crippen molar-refractivity contribution in [1.82, 2.24) is 9.55 Å². The number of carbonyl (C=O) groups excluding carboxylic acids is 2. The molecule has 1 N–H and O–H groups in total. The van der Waals surface area contributed by atoms with Gasteiger partial charge in [0, 0.05) is 24.2 Å². The van der Waals surface area contributed by atoms with E-state index in [1.54, 1.807) is 53.5 Å². The van der Waals surface area contributed by atoms with Crippen LogP contribution < -0.4 is 5.32 Å². The van der Waals surface area contributed by atoms with Gasteiger partial charge in [0.15, 0.2) is 11.2 Å². The molecular formula is C18H15Cl2N3O3S. The van der Waals surface area contributed by atoms with Crippen molar-refractivity contribution in [3.8, 4) is 11.3 Å². The van der Waals surface area contributed by atoms with Crippen molar-refractivity contribution >= 4 is 51.5 Å². The molecule has 2 heterocycles. The van der Waals surface area contributed by atoms with E-state index in [-0.39, 0.29) is 0 Å². The third-order valence-electron chi connectivity index (χ3n) is 3.76. The summed E-state index contributed by atoms with van der Waals surface area (Å²) >= 11 is 13.2. The smallest absolute Gasteiger partial charge is 0.355 e. The number of nitrogens with one attached hydrogen (secondary N) is 1. The molecule has 6 nitrogen and oxygen atoms in total. The lowest BCUT2D eigenvalue weighted by atomic mass is 10.2. The molecule has 0 saturated heterocycles. The summed E-state index contributed by atoms with van der Waals surface area (Å²) in [4.78, 5) is 28.7. The maximum Gasteiger partial charge on any atom is 0.355 e. The second-order valence-corrected chi connectivity index (χ2v) is 7.38. The fourth-order valence-electron chi connectivity index (χ4n) is 2.27. The normalized spacial score (nSPS) is 11.9. The molecule has 0 saturated carbocycles. The van der Waals surface area contributed by atoms with Gasteiger partial charge in [0.25, 0.3) is 5.91 Å². The van der Waals surface area contributed by atoms with E-state index in [0.29, 0.717) is 26.6 Å². The lowest BCUT2D eigenvalue weighted by Crippen LogP contribution is -2.30. The Morgan fingerprint density at radius 1 is 1.26 bits per heavy atom. The Bertz CT molecular complexity index is 999. The van der Waals surface area contributed by atoms with Crippen molar-refractivity contribution < 1.29 is 14.3 Å². The van der Waals surface area contributed by atoms with Gasteiger partial charge in [0.1, 0.15) is 5.69 Å². The molecule has 0 aliphatic heterocycles. The molecule has 3 aromatic rings. The number of carbonyl (C=O) groups is 2. The third kappa shape index (κ3) is 4.50. The SMILES string of the molecule is C[C@@H](OC(=O)c1cccn1C)C(=O)Nc1nc(-c2ccc(Cl)c(Cl)c2)cs1. The van der Waals surface area contributed by atoms with Crippen LogP contribution in [-0.4, -0.2) is 27.5 Å². The summed E-state index contributed by atoms with van der Waals surface area (Å²) in [7, 11) is 1.72. The van der Waals surface area contributed by atoms with Crippen molar-refractivity contribution in [3.05, 3.63) is 57.6 Å². The number of esters is 1. The number of hydrogen-bond acceptors (Lipinski definition) is 5. The number of nitrogens with zero attached hydrogens (tertiary/aromatic N) is 2. The van der Waals surface area contributed by atoms with Gasteiger partial charge in [-0.1, -0.05) is 29.3 Å². The molecule has 1 amide bonds. The van der Waals surface area contributed by atoms with Crippen molar-refractivity contribution in [1.29, 1.82) is 0 Å². The number of amides is 1. The first-order valence-corrected chi connectivity index (χ1v) is 9.53. The van der Waals surface area contributed by atoms with Crippen LogP contribution >= 0.6 is 34.5 Å². The number of benzene rings is 1. The molecule has 0 bridgehead atoms. The number of halogens is 2. The number of aromatic nitrogens is 2. The second-order valence-electron chi connectivity index (χ2n) is 5.71. The number of rotatable bonds is 5. The molecule has 2 aromatic heterocycles. The van der Waals surface area contributed by atoms with Gasteiger partial charge < -0.3 is 9.30 Å². The molecule has 0 spiro atoms. The molecular weight excluding hydrogens is 409 g/mol. The summed E-state index contributed by atoms with van der Waals surface area (Å²) in [6.07, 6.45) is 0.756. The average molecular weight is 424 g/mol. The summed E-state index contributed by atoms with van der Waals surface area (Å²) in [6, 6.07) is 8.52. The van der Waals surface area contributed by atoms with Crippen LogP contribution in [0.3, 0.4) is 0 Å². The molecule has 9 heteroatoms. The zero-order valence-corrected chi connectivity index (χ0v) is 16.7. The highest BCUT2D eigenvalue weighted by molar-refractivity contribution is 7.14. The molecule has 0 aliphatic rings. The predicted molar refractivity (Wildman–Crippen MR) is 106 cm³/mol. The van der Waals surface area contributed by atoms with Gasteiger partial charge in [0.05, 0.1) is 15.7 Å². The zero-order valence-electron chi connectivity index (χ0n) is 14.4. The number of ether oxygens (including phenoxy) is 1. The van der Waals surface area contributed by atoms with Gasteiger partial charge in [-0.05, 0) is 31.2 Å². The number of thiazole rings is 1. The Kier molecular flexibility index (Phi) is 5.84. The highest BCUT2D eigenvalue weighted by Gasteiger charge is 2.21. The fraction of sp³-hybridized carbons (Fsp3) is 0.167. The van der Waals surface area contributed by atoms with Crippen LogP contribution in [0.5, 0.6) is 0 Å². The van der Waals surface area contributed by atoms with Gasteiger partial charge in [-0.15, -0.1) is 11.3 Å². The maximum absolute atomic E-state index is 12.3. The number of anilines is 1. The predicted octanol–water partition coefficient (Wildman–Crippen LogP) is 4.64. The van der Waals surface area contributed by atoms with E-state index in [2.05, 4.69) is 10.3 Å². The van der Waals surface area contributed by atoms with E-state index in [1.807, 2.05) is 0 Å². The van der Waals surface area contributed by atoms with Crippen LogP contribution in [0.15, 0.2) is 41.9 Å². The van der Waals surface area contributed by atoms with Gasteiger partial charge in [-0.25, -0.2) is 9.78 Å². The number of hydrogen-bond donors (Lipinski definition) is 1. The Morgan fingerprint density at radius 2 is 2.04 bits per heavy atom. The summed E-state index contributed by atoms with van der Waals surface area (Å²) in [5.74, 6) is -1.03. The van der Waals surface area contributed by atoms with Gasteiger partial charge in [-0.2, -0.15) is 0 Å². The van der Waals surface area contributed by atoms with Crippen LogP contribution in [0.1, 0.15) is 17.4 Å². The Hall–Kier alpha value is -2.35. The van der Waals surface area contributed by atoms with Crippen molar-refractivity contribution in [2.75, 3.05) is 5.32 Å². The Morgan fingerprint density at radius 3 is 2.70 bits per heavy atom. The minimum atomic E-state index is -0.968. The Labute approximate surface area is 169 Å². The third-order valence-corrected chi connectivity index (χ3v) is 5.25. The first-order valence-electron chi connectivity index (χ1n) is 7.89. The van der Waals surface area contributed by atoms with E-state index in [4.69, 9.17) is 27.9 Å². The molecule has 1 atom stereocenters. The highest BCUT2D eigenvalue weighted by Crippen LogP contribution is 2.30. The fourth-order valence-corrected chi connectivity index (χ4v) is 3.29. The van der Waals surface area contributed by atoms with E-state index in [0.717, 1.165) is 5.56 Å². The molecule has 140 valence electrons. The van der Waals surface area contributed by atoms with Gasteiger partial charge in [-0.3, -0.25) is 10.1 Å².